The van der Waals surface area contributed by atoms with Gasteiger partial charge in [0.15, 0.2) is 0 Å². The molecule has 0 saturated heterocycles. The SMILES string of the molecule is Cc1ccc2c(c1)nc(CCCl)n2-c1cccc(F)c1C. The molecule has 3 rings (SSSR count). The van der Waals surface area contributed by atoms with Crippen LogP contribution in [0.1, 0.15) is 17.0 Å². The maximum absolute atomic E-state index is 13.9. The van der Waals surface area contributed by atoms with Crippen LogP contribution in [0.4, 0.5) is 4.39 Å². The van der Waals surface area contributed by atoms with Crippen LogP contribution < -0.4 is 0 Å². The van der Waals surface area contributed by atoms with Crippen molar-refractivity contribution in [3.8, 4) is 5.69 Å². The number of alkyl halides is 1. The van der Waals surface area contributed by atoms with Gasteiger partial charge in [-0.2, -0.15) is 0 Å². The van der Waals surface area contributed by atoms with Crippen LogP contribution in [0.3, 0.4) is 0 Å². The molecule has 0 N–H and O–H groups in total. The van der Waals surface area contributed by atoms with Gasteiger partial charge < -0.3 is 0 Å². The molecule has 0 atom stereocenters. The van der Waals surface area contributed by atoms with Crippen LogP contribution in [0.2, 0.25) is 0 Å². The fourth-order valence-electron chi connectivity index (χ4n) is 2.60. The summed E-state index contributed by atoms with van der Waals surface area (Å²) in [4.78, 5) is 4.67. The molecule has 0 amide bonds. The Morgan fingerprint density at radius 1 is 1.19 bits per heavy atom. The van der Waals surface area contributed by atoms with Gasteiger partial charge in [-0.1, -0.05) is 12.1 Å². The molecule has 0 bridgehead atoms. The van der Waals surface area contributed by atoms with Gasteiger partial charge >= 0.3 is 0 Å². The molecule has 0 unspecified atom stereocenters. The molecule has 2 nitrogen and oxygen atoms in total. The molecule has 21 heavy (non-hydrogen) atoms. The number of rotatable bonds is 3. The lowest BCUT2D eigenvalue weighted by Gasteiger charge is -2.12. The fraction of sp³-hybridized carbons (Fsp3) is 0.235. The summed E-state index contributed by atoms with van der Waals surface area (Å²) in [5.41, 5.74) is 4.49. The van der Waals surface area contributed by atoms with Crippen molar-refractivity contribution in [2.75, 3.05) is 5.88 Å². The van der Waals surface area contributed by atoms with Gasteiger partial charge in [0.05, 0.1) is 16.7 Å². The standard InChI is InChI=1S/C17H16ClFN2/c1-11-6-7-16-14(10-11)20-17(8-9-18)21(16)15-5-3-4-13(19)12(15)2/h3-7,10H,8-9H2,1-2H3. The maximum Gasteiger partial charge on any atom is 0.128 e. The van der Waals surface area contributed by atoms with E-state index in [0.717, 1.165) is 28.1 Å². The zero-order valence-corrected chi connectivity index (χ0v) is 12.8. The Morgan fingerprint density at radius 3 is 2.76 bits per heavy atom. The Bertz CT molecular complexity index is 808. The minimum atomic E-state index is -0.210. The second-order valence-corrected chi connectivity index (χ2v) is 5.56. The molecule has 0 spiro atoms. The van der Waals surface area contributed by atoms with Gasteiger partial charge in [-0.15, -0.1) is 11.6 Å². The first-order valence-electron chi connectivity index (χ1n) is 6.91. The van der Waals surface area contributed by atoms with Crippen molar-refractivity contribution in [1.29, 1.82) is 0 Å². The predicted molar refractivity (Wildman–Crippen MR) is 84.9 cm³/mol. The third-order valence-corrected chi connectivity index (χ3v) is 3.87. The lowest BCUT2D eigenvalue weighted by molar-refractivity contribution is 0.616. The third-order valence-electron chi connectivity index (χ3n) is 3.68. The maximum atomic E-state index is 13.9. The number of fused-ring (bicyclic) bond motifs is 1. The number of nitrogens with zero attached hydrogens (tertiary/aromatic N) is 2. The summed E-state index contributed by atoms with van der Waals surface area (Å²) in [6, 6.07) is 11.2. The van der Waals surface area contributed by atoms with Crippen LogP contribution in [0, 0.1) is 19.7 Å². The lowest BCUT2D eigenvalue weighted by atomic mass is 10.1. The summed E-state index contributed by atoms with van der Waals surface area (Å²) in [7, 11) is 0. The second-order valence-electron chi connectivity index (χ2n) is 5.18. The smallest absolute Gasteiger partial charge is 0.128 e. The summed E-state index contributed by atoms with van der Waals surface area (Å²) in [6.45, 7) is 3.82. The zero-order chi connectivity index (χ0) is 15.0. The van der Waals surface area contributed by atoms with Crippen molar-refractivity contribution >= 4 is 22.6 Å². The van der Waals surface area contributed by atoms with E-state index in [0.29, 0.717) is 17.9 Å². The lowest BCUT2D eigenvalue weighted by Crippen LogP contribution is -2.05. The van der Waals surface area contributed by atoms with Gasteiger partial charge in [-0.05, 0) is 43.7 Å². The predicted octanol–water partition coefficient (Wildman–Crippen LogP) is 4.56. The highest BCUT2D eigenvalue weighted by Crippen LogP contribution is 2.26. The number of benzene rings is 2. The van der Waals surface area contributed by atoms with Gasteiger partial charge in [0.25, 0.3) is 0 Å². The quantitative estimate of drug-likeness (QED) is 0.648. The molecule has 2 aromatic carbocycles. The molecular weight excluding hydrogens is 287 g/mol. The topological polar surface area (TPSA) is 17.8 Å². The summed E-state index contributed by atoms with van der Waals surface area (Å²) in [6.07, 6.45) is 0.644. The Labute approximate surface area is 128 Å². The van der Waals surface area contributed by atoms with Crippen molar-refractivity contribution < 1.29 is 4.39 Å². The van der Waals surface area contributed by atoms with Crippen LogP contribution in [-0.4, -0.2) is 15.4 Å². The Hall–Kier alpha value is -1.87. The summed E-state index contributed by atoms with van der Waals surface area (Å²) in [5.74, 6) is 1.13. The highest BCUT2D eigenvalue weighted by Gasteiger charge is 2.15. The van der Waals surface area contributed by atoms with Crippen LogP contribution in [0.15, 0.2) is 36.4 Å². The van der Waals surface area contributed by atoms with Crippen molar-refractivity contribution in [2.24, 2.45) is 0 Å². The van der Waals surface area contributed by atoms with E-state index in [-0.39, 0.29) is 5.82 Å². The molecular formula is C17H16ClFN2. The van der Waals surface area contributed by atoms with E-state index in [2.05, 4.69) is 4.98 Å². The van der Waals surface area contributed by atoms with Crippen molar-refractivity contribution in [3.63, 3.8) is 0 Å². The van der Waals surface area contributed by atoms with Gasteiger partial charge in [0.2, 0.25) is 0 Å². The molecule has 0 aliphatic rings. The van der Waals surface area contributed by atoms with E-state index in [1.807, 2.05) is 35.8 Å². The van der Waals surface area contributed by atoms with Gasteiger partial charge in [0.1, 0.15) is 11.6 Å². The molecule has 0 aliphatic heterocycles. The molecule has 0 radical (unpaired) electrons. The first-order chi connectivity index (χ1) is 10.1. The minimum absolute atomic E-state index is 0.210. The number of halogens is 2. The largest absolute Gasteiger partial charge is 0.296 e. The van der Waals surface area contributed by atoms with Crippen LogP contribution in [0.5, 0.6) is 0 Å². The van der Waals surface area contributed by atoms with Crippen molar-refractivity contribution in [1.82, 2.24) is 9.55 Å². The molecule has 4 heteroatoms. The average molecular weight is 303 g/mol. The van der Waals surface area contributed by atoms with E-state index >= 15 is 0 Å². The molecule has 0 fully saturated rings. The first-order valence-corrected chi connectivity index (χ1v) is 7.44. The number of hydrogen-bond acceptors (Lipinski definition) is 1. The van der Waals surface area contributed by atoms with E-state index in [1.54, 1.807) is 13.0 Å². The summed E-state index contributed by atoms with van der Waals surface area (Å²) < 4.78 is 15.9. The fourth-order valence-corrected chi connectivity index (χ4v) is 2.77. The number of aryl methyl sites for hydroxylation is 2. The van der Waals surface area contributed by atoms with Crippen molar-refractivity contribution in [3.05, 3.63) is 59.2 Å². The summed E-state index contributed by atoms with van der Waals surface area (Å²) in [5, 5.41) is 0. The Balaban J connectivity index is 2.33. The molecule has 108 valence electrons. The van der Waals surface area contributed by atoms with Gasteiger partial charge in [-0.3, -0.25) is 4.57 Å². The van der Waals surface area contributed by atoms with Crippen LogP contribution in [-0.2, 0) is 6.42 Å². The monoisotopic (exact) mass is 302 g/mol. The number of aromatic nitrogens is 2. The Kier molecular flexibility index (Phi) is 3.68. The minimum Gasteiger partial charge on any atom is -0.296 e. The molecule has 1 heterocycles. The zero-order valence-electron chi connectivity index (χ0n) is 12.0. The van der Waals surface area contributed by atoms with Crippen molar-refractivity contribution in [2.45, 2.75) is 20.3 Å². The molecule has 0 aliphatic carbocycles. The summed E-state index contributed by atoms with van der Waals surface area (Å²) >= 11 is 5.90. The number of imidazole rings is 1. The van der Waals surface area contributed by atoms with Crippen LogP contribution in [0.25, 0.3) is 16.7 Å². The highest BCUT2D eigenvalue weighted by molar-refractivity contribution is 6.17. The Morgan fingerprint density at radius 2 is 2.00 bits per heavy atom. The molecule has 3 aromatic rings. The van der Waals surface area contributed by atoms with Crippen LogP contribution >= 0.6 is 11.6 Å². The van der Waals surface area contributed by atoms with Gasteiger partial charge in [0, 0.05) is 17.9 Å². The first kappa shape index (κ1) is 14.1. The van der Waals surface area contributed by atoms with E-state index in [1.165, 1.54) is 6.07 Å². The average Bonchev–Trinajstić information content (AvgIpc) is 2.79. The van der Waals surface area contributed by atoms with E-state index in [4.69, 9.17) is 11.6 Å². The van der Waals surface area contributed by atoms with Gasteiger partial charge in [-0.25, -0.2) is 9.37 Å². The molecule has 1 aromatic heterocycles. The number of hydrogen-bond donors (Lipinski definition) is 0. The normalized spacial score (nSPS) is 11.2. The van der Waals surface area contributed by atoms with E-state index < -0.39 is 0 Å². The highest BCUT2D eigenvalue weighted by atomic mass is 35.5. The second kappa shape index (κ2) is 5.49. The third kappa shape index (κ3) is 2.42. The van der Waals surface area contributed by atoms with E-state index in [9.17, 15) is 4.39 Å². The molecule has 0 saturated carbocycles.